The quantitative estimate of drug-likeness (QED) is 0.287. The molecule has 3 aromatic carbocycles. The molecule has 1 amide bonds. The maximum atomic E-state index is 12.8. The molecule has 0 N–H and O–H groups in total. The number of oxazole rings is 1. The Morgan fingerprint density at radius 1 is 0.912 bits per heavy atom. The van der Waals surface area contributed by atoms with Crippen molar-refractivity contribution in [2.45, 2.75) is 11.8 Å². The topological polar surface area (TPSA) is 64.8 Å². The largest absolute Gasteiger partial charge is 0.493 e. The first-order valence-electron chi connectivity index (χ1n) is 10.8. The fraction of sp³-hybridized carbons (Fsp3) is 0.185. The number of hydrogen-bond acceptors (Lipinski definition) is 6. The van der Waals surface area contributed by atoms with Gasteiger partial charge in [0, 0.05) is 24.7 Å². The Morgan fingerprint density at radius 2 is 1.56 bits per heavy atom. The summed E-state index contributed by atoms with van der Waals surface area (Å²) in [5.74, 6) is 2.17. The molecule has 0 saturated heterocycles. The molecule has 0 radical (unpaired) electrons. The van der Waals surface area contributed by atoms with Crippen LogP contribution in [-0.4, -0.2) is 42.8 Å². The second-order valence-corrected chi connectivity index (χ2v) is 8.54. The zero-order valence-electron chi connectivity index (χ0n) is 19.4. The van der Waals surface area contributed by atoms with Gasteiger partial charge < -0.3 is 18.8 Å². The first kappa shape index (κ1) is 23.4. The van der Waals surface area contributed by atoms with Gasteiger partial charge in [0.1, 0.15) is 5.69 Å². The van der Waals surface area contributed by atoms with Crippen LogP contribution in [0.4, 0.5) is 0 Å². The lowest BCUT2D eigenvalue weighted by atomic mass is 10.1. The van der Waals surface area contributed by atoms with E-state index < -0.39 is 0 Å². The SMILES string of the molecule is COc1ccc(CN(C)C(=O)CSc2nc(-c3ccccc3)c(-c3ccccc3)o2)cc1OC. The van der Waals surface area contributed by atoms with Gasteiger partial charge in [-0.1, -0.05) is 78.5 Å². The normalized spacial score (nSPS) is 10.7. The molecule has 4 aromatic rings. The van der Waals surface area contributed by atoms with Crippen LogP contribution in [0.5, 0.6) is 11.5 Å². The highest BCUT2D eigenvalue weighted by molar-refractivity contribution is 7.99. The molecule has 0 spiro atoms. The molecule has 0 unspecified atom stereocenters. The molecule has 6 nitrogen and oxygen atoms in total. The first-order valence-corrected chi connectivity index (χ1v) is 11.8. The minimum atomic E-state index is -0.0273. The number of amides is 1. The van der Waals surface area contributed by atoms with E-state index in [-0.39, 0.29) is 11.7 Å². The zero-order chi connectivity index (χ0) is 23.9. The number of aromatic nitrogens is 1. The molecule has 1 aromatic heterocycles. The minimum absolute atomic E-state index is 0.0273. The number of thioether (sulfide) groups is 1. The summed E-state index contributed by atoms with van der Waals surface area (Å²) in [6, 6.07) is 25.4. The monoisotopic (exact) mass is 474 g/mol. The second kappa shape index (κ2) is 10.9. The van der Waals surface area contributed by atoms with Crippen LogP contribution >= 0.6 is 11.8 Å². The zero-order valence-corrected chi connectivity index (χ0v) is 20.2. The fourth-order valence-corrected chi connectivity index (χ4v) is 4.28. The summed E-state index contributed by atoms with van der Waals surface area (Å²) >= 11 is 1.29. The van der Waals surface area contributed by atoms with Gasteiger partial charge in [0.05, 0.1) is 20.0 Å². The molecule has 7 heteroatoms. The summed E-state index contributed by atoms with van der Waals surface area (Å²) in [5, 5.41) is 0.463. The Labute approximate surface area is 203 Å². The van der Waals surface area contributed by atoms with E-state index >= 15 is 0 Å². The molecule has 0 atom stereocenters. The molecular formula is C27H26N2O4S. The first-order chi connectivity index (χ1) is 16.6. The predicted molar refractivity (Wildman–Crippen MR) is 134 cm³/mol. The van der Waals surface area contributed by atoms with Crippen molar-refractivity contribution < 1.29 is 18.7 Å². The fourth-order valence-electron chi connectivity index (χ4n) is 3.51. The maximum Gasteiger partial charge on any atom is 0.257 e. The average molecular weight is 475 g/mol. The Kier molecular flexibility index (Phi) is 7.54. The number of nitrogens with zero attached hydrogens (tertiary/aromatic N) is 2. The smallest absolute Gasteiger partial charge is 0.257 e. The van der Waals surface area contributed by atoms with Crippen LogP contribution in [0.1, 0.15) is 5.56 Å². The Balaban J connectivity index is 1.47. The summed E-state index contributed by atoms with van der Waals surface area (Å²) in [5.41, 5.74) is 3.62. The highest BCUT2D eigenvalue weighted by Gasteiger charge is 2.19. The van der Waals surface area contributed by atoms with Crippen molar-refractivity contribution in [2.75, 3.05) is 27.0 Å². The van der Waals surface area contributed by atoms with Crippen molar-refractivity contribution >= 4 is 17.7 Å². The third-order valence-electron chi connectivity index (χ3n) is 5.30. The highest BCUT2D eigenvalue weighted by Crippen LogP contribution is 2.35. The van der Waals surface area contributed by atoms with Crippen molar-refractivity contribution in [2.24, 2.45) is 0 Å². The molecule has 174 valence electrons. The number of methoxy groups -OCH3 is 2. The van der Waals surface area contributed by atoms with Gasteiger partial charge in [-0.15, -0.1) is 0 Å². The molecule has 0 bridgehead atoms. The van der Waals surface area contributed by atoms with E-state index in [1.165, 1.54) is 11.8 Å². The summed E-state index contributed by atoms with van der Waals surface area (Å²) < 4.78 is 16.7. The lowest BCUT2D eigenvalue weighted by Gasteiger charge is -2.17. The number of carbonyl (C=O) groups excluding carboxylic acids is 1. The lowest BCUT2D eigenvalue weighted by Crippen LogP contribution is -2.27. The van der Waals surface area contributed by atoms with Crippen LogP contribution < -0.4 is 9.47 Å². The lowest BCUT2D eigenvalue weighted by molar-refractivity contribution is -0.127. The van der Waals surface area contributed by atoms with Gasteiger partial charge in [-0.2, -0.15) is 0 Å². The van der Waals surface area contributed by atoms with Crippen molar-refractivity contribution in [1.29, 1.82) is 0 Å². The van der Waals surface area contributed by atoms with E-state index in [1.54, 1.807) is 26.2 Å². The summed E-state index contributed by atoms with van der Waals surface area (Å²) in [7, 11) is 4.97. The van der Waals surface area contributed by atoms with E-state index in [9.17, 15) is 4.79 Å². The number of ether oxygens (including phenoxy) is 2. The van der Waals surface area contributed by atoms with Crippen molar-refractivity contribution in [3.8, 4) is 34.1 Å². The van der Waals surface area contributed by atoms with Crippen LogP contribution in [0.3, 0.4) is 0 Å². The molecule has 34 heavy (non-hydrogen) atoms. The van der Waals surface area contributed by atoms with E-state index in [1.807, 2.05) is 78.9 Å². The van der Waals surface area contributed by atoms with Gasteiger partial charge >= 0.3 is 0 Å². The van der Waals surface area contributed by atoms with E-state index in [0.717, 1.165) is 22.4 Å². The molecule has 0 saturated carbocycles. The average Bonchev–Trinajstić information content (AvgIpc) is 3.32. The van der Waals surface area contributed by atoms with E-state index in [2.05, 4.69) is 0 Å². The summed E-state index contributed by atoms with van der Waals surface area (Å²) in [4.78, 5) is 19.2. The minimum Gasteiger partial charge on any atom is -0.493 e. The molecule has 0 aliphatic rings. The molecule has 0 aliphatic heterocycles. The molecule has 0 aliphatic carbocycles. The van der Waals surface area contributed by atoms with Crippen LogP contribution in [0, 0.1) is 0 Å². The van der Waals surface area contributed by atoms with Crippen molar-refractivity contribution in [1.82, 2.24) is 9.88 Å². The second-order valence-electron chi connectivity index (χ2n) is 7.62. The van der Waals surface area contributed by atoms with Crippen LogP contribution in [0.15, 0.2) is 88.5 Å². The molecule has 1 heterocycles. The van der Waals surface area contributed by atoms with Gasteiger partial charge in [-0.05, 0) is 17.7 Å². The maximum absolute atomic E-state index is 12.8. The van der Waals surface area contributed by atoms with E-state index in [0.29, 0.717) is 29.0 Å². The van der Waals surface area contributed by atoms with Gasteiger partial charge in [-0.25, -0.2) is 4.98 Å². The molecule has 4 rings (SSSR count). The Hall–Kier alpha value is -3.71. The van der Waals surface area contributed by atoms with E-state index in [4.69, 9.17) is 18.9 Å². The number of rotatable bonds is 9. The highest BCUT2D eigenvalue weighted by atomic mass is 32.2. The third-order valence-corrected chi connectivity index (χ3v) is 6.12. The van der Waals surface area contributed by atoms with Gasteiger partial charge in [-0.3, -0.25) is 4.79 Å². The molecule has 0 fully saturated rings. The van der Waals surface area contributed by atoms with Crippen LogP contribution in [0.25, 0.3) is 22.6 Å². The van der Waals surface area contributed by atoms with Crippen molar-refractivity contribution in [3.63, 3.8) is 0 Å². The summed E-state index contributed by atoms with van der Waals surface area (Å²) in [6.07, 6.45) is 0. The Morgan fingerprint density at radius 3 is 2.21 bits per heavy atom. The molecular weight excluding hydrogens is 448 g/mol. The van der Waals surface area contributed by atoms with Gasteiger partial charge in [0.15, 0.2) is 17.3 Å². The number of hydrogen-bond donors (Lipinski definition) is 0. The van der Waals surface area contributed by atoms with Crippen LogP contribution in [0.2, 0.25) is 0 Å². The standard InChI is InChI=1S/C27H26N2O4S/c1-29(17-19-14-15-22(31-2)23(16-19)32-3)24(30)18-34-27-28-25(20-10-6-4-7-11-20)26(33-27)21-12-8-5-9-13-21/h4-16H,17-18H2,1-3H3. The number of benzene rings is 3. The van der Waals surface area contributed by atoms with Gasteiger partial charge in [0.25, 0.3) is 5.22 Å². The van der Waals surface area contributed by atoms with Crippen molar-refractivity contribution in [3.05, 3.63) is 84.4 Å². The van der Waals surface area contributed by atoms with Gasteiger partial charge in [0.2, 0.25) is 5.91 Å². The van der Waals surface area contributed by atoms with Crippen LogP contribution in [-0.2, 0) is 11.3 Å². The predicted octanol–water partition coefficient (Wildman–Crippen LogP) is 5.78. The third kappa shape index (κ3) is 5.43. The number of carbonyl (C=O) groups is 1. The Bertz CT molecular complexity index is 1190. The summed E-state index contributed by atoms with van der Waals surface area (Å²) in [6.45, 7) is 0.454.